The molecule has 0 spiro atoms. The third-order valence-corrected chi connectivity index (χ3v) is 2.61. The molecule has 0 saturated heterocycles. The van der Waals surface area contributed by atoms with Crippen molar-refractivity contribution >= 4 is 23.1 Å². The number of hydrogen-bond donors (Lipinski definition) is 2. The molecule has 0 radical (unpaired) electrons. The second-order valence-electron chi connectivity index (χ2n) is 4.14. The molecular formula is C15H14N2O2. The number of ketones is 1. The van der Waals surface area contributed by atoms with E-state index in [9.17, 15) is 9.59 Å². The number of amides is 1. The van der Waals surface area contributed by atoms with E-state index < -0.39 is 0 Å². The summed E-state index contributed by atoms with van der Waals surface area (Å²) in [6.45, 7) is 0. The molecule has 3 N–H and O–H groups in total. The number of Topliss-reactive ketones (excluding diaryl/α,β-unsaturated/α-hetero) is 1. The first kappa shape index (κ1) is 12.8. The molecule has 0 aromatic heterocycles. The summed E-state index contributed by atoms with van der Waals surface area (Å²) in [5.74, 6) is -0.535. The number of nitrogens with two attached hydrogens (primary N) is 1. The van der Waals surface area contributed by atoms with E-state index in [0.717, 1.165) is 0 Å². The second-order valence-corrected chi connectivity index (χ2v) is 4.14. The van der Waals surface area contributed by atoms with E-state index in [4.69, 9.17) is 5.73 Å². The number of carbonyl (C=O) groups excluding carboxylic acids is 2. The maximum atomic E-state index is 11.8. The fourth-order valence-electron chi connectivity index (χ4n) is 1.64. The van der Waals surface area contributed by atoms with Gasteiger partial charge in [0.15, 0.2) is 5.78 Å². The summed E-state index contributed by atoms with van der Waals surface area (Å²) in [7, 11) is 0. The van der Waals surface area contributed by atoms with Crippen LogP contribution in [0.2, 0.25) is 0 Å². The molecular weight excluding hydrogens is 240 g/mol. The number of hydrogen-bond acceptors (Lipinski definition) is 3. The Balaban J connectivity index is 1.95. The van der Waals surface area contributed by atoms with Gasteiger partial charge in [0.2, 0.25) is 5.91 Å². The average Bonchev–Trinajstić information content (AvgIpc) is 2.42. The molecule has 1 amide bonds. The van der Waals surface area contributed by atoms with E-state index >= 15 is 0 Å². The van der Waals surface area contributed by atoms with Crippen molar-refractivity contribution in [2.24, 2.45) is 0 Å². The van der Waals surface area contributed by atoms with Crippen LogP contribution in [0.5, 0.6) is 0 Å². The molecule has 0 aliphatic carbocycles. The van der Waals surface area contributed by atoms with Crippen molar-refractivity contribution in [3.8, 4) is 0 Å². The van der Waals surface area contributed by atoms with Crippen LogP contribution in [0, 0.1) is 0 Å². The van der Waals surface area contributed by atoms with Crippen LogP contribution in [0.1, 0.15) is 16.8 Å². The number of rotatable bonds is 4. The lowest BCUT2D eigenvalue weighted by Gasteiger charge is -2.05. The SMILES string of the molecule is Nc1ccc(NC(=O)CC(=O)c2ccccc2)cc1. The monoisotopic (exact) mass is 254 g/mol. The minimum absolute atomic E-state index is 0.172. The number of nitrogen functional groups attached to an aromatic ring is 1. The first-order valence-corrected chi connectivity index (χ1v) is 5.89. The molecule has 2 rings (SSSR count). The highest BCUT2D eigenvalue weighted by molar-refractivity contribution is 6.10. The minimum Gasteiger partial charge on any atom is -0.399 e. The van der Waals surface area contributed by atoms with E-state index in [-0.39, 0.29) is 18.1 Å². The highest BCUT2D eigenvalue weighted by atomic mass is 16.2. The Morgan fingerprint density at radius 1 is 0.947 bits per heavy atom. The van der Waals surface area contributed by atoms with Crippen LogP contribution in [0.15, 0.2) is 54.6 Å². The van der Waals surface area contributed by atoms with Crippen LogP contribution >= 0.6 is 0 Å². The van der Waals surface area contributed by atoms with Crippen LogP contribution in [-0.2, 0) is 4.79 Å². The van der Waals surface area contributed by atoms with E-state index in [1.54, 1.807) is 48.5 Å². The van der Waals surface area contributed by atoms with Crippen molar-refractivity contribution in [3.05, 3.63) is 60.2 Å². The molecule has 0 saturated carbocycles. The molecule has 0 fully saturated rings. The summed E-state index contributed by atoms with van der Waals surface area (Å²) in [6.07, 6.45) is -0.172. The molecule has 0 atom stereocenters. The maximum Gasteiger partial charge on any atom is 0.232 e. The van der Waals surface area contributed by atoms with Crippen molar-refractivity contribution in [1.29, 1.82) is 0 Å². The predicted molar refractivity (Wildman–Crippen MR) is 74.9 cm³/mol. The Kier molecular flexibility index (Phi) is 3.93. The van der Waals surface area contributed by atoms with Gasteiger partial charge in [-0.15, -0.1) is 0 Å². The Labute approximate surface area is 111 Å². The lowest BCUT2D eigenvalue weighted by Crippen LogP contribution is -2.16. The van der Waals surface area contributed by atoms with Crippen molar-refractivity contribution in [2.45, 2.75) is 6.42 Å². The third-order valence-electron chi connectivity index (χ3n) is 2.61. The van der Waals surface area contributed by atoms with Gasteiger partial charge in [-0.25, -0.2) is 0 Å². The summed E-state index contributed by atoms with van der Waals surface area (Å²) < 4.78 is 0. The predicted octanol–water partition coefficient (Wildman–Crippen LogP) is 2.48. The van der Waals surface area contributed by atoms with E-state index in [2.05, 4.69) is 5.32 Å². The minimum atomic E-state index is -0.335. The van der Waals surface area contributed by atoms with Gasteiger partial charge in [-0.3, -0.25) is 9.59 Å². The molecule has 96 valence electrons. The Bertz CT molecular complexity index is 577. The maximum absolute atomic E-state index is 11.8. The molecule has 4 nitrogen and oxygen atoms in total. The van der Waals surface area contributed by atoms with Crippen molar-refractivity contribution in [2.75, 3.05) is 11.1 Å². The van der Waals surface area contributed by atoms with Gasteiger partial charge >= 0.3 is 0 Å². The topological polar surface area (TPSA) is 72.2 Å². The molecule has 0 bridgehead atoms. The van der Waals surface area contributed by atoms with Gasteiger partial charge in [-0.1, -0.05) is 30.3 Å². The Morgan fingerprint density at radius 3 is 2.21 bits per heavy atom. The fourth-order valence-corrected chi connectivity index (χ4v) is 1.64. The standard InChI is InChI=1S/C15H14N2O2/c16-12-6-8-13(9-7-12)17-15(19)10-14(18)11-4-2-1-3-5-11/h1-9H,10,16H2,(H,17,19). The smallest absolute Gasteiger partial charge is 0.232 e. The number of carbonyl (C=O) groups is 2. The zero-order valence-corrected chi connectivity index (χ0v) is 10.3. The molecule has 0 aliphatic rings. The second kappa shape index (κ2) is 5.82. The van der Waals surface area contributed by atoms with Crippen LogP contribution in [0.3, 0.4) is 0 Å². The lowest BCUT2D eigenvalue weighted by molar-refractivity contribution is -0.115. The van der Waals surface area contributed by atoms with E-state index in [1.807, 2.05) is 6.07 Å². The number of nitrogens with one attached hydrogen (secondary N) is 1. The van der Waals surface area contributed by atoms with Gasteiger partial charge in [0.05, 0.1) is 6.42 Å². The van der Waals surface area contributed by atoms with Gasteiger partial charge < -0.3 is 11.1 Å². The molecule has 2 aromatic carbocycles. The van der Waals surface area contributed by atoms with Crippen LogP contribution in [0.25, 0.3) is 0 Å². The summed E-state index contributed by atoms with van der Waals surface area (Å²) in [4.78, 5) is 23.5. The van der Waals surface area contributed by atoms with Gasteiger partial charge in [0.25, 0.3) is 0 Å². The van der Waals surface area contributed by atoms with Crippen LogP contribution < -0.4 is 11.1 Å². The summed E-state index contributed by atoms with van der Waals surface area (Å²) in [5.41, 5.74) is 7.33. The zero-order valence-electron chi connectivity index (χ0n) is 10.3. The fraction of sp³-hybridized carbons (Fsp3) is 0.0667. The van der Waals surface area contributed by atoms with Gasteiger partial charge in [-0.2, -0.15) is 0 Å². The molecule has 0 heterocycles. The Morgan fingerprint density at radius 2 is 1.58 bits per heavy atom. The molecule has 0 aliphatic heterocycles. The van der Waals surface area contributed by atoms with Gasteiger partial charge in [0.1, 0.15) is 0 Å². The third kappa shape index (κ3) is 3.67. The molecule has 2 aromatic rings. The Hall–Kier alpha value is -2.62. The summed E-state index contributed by atoms with van der Waals surface area (Å²) in [5, 5.41) is 2.65. The number of benzene rings is 2. The normalized spacial score (nSPS) is 9.89. The molecule has 0 unspecified atom stereocenters. The zero-order chi connectivity index (χ0) is 13.7. The largest absolute Gasteiger partial charge is 0.399 e. The quantitative estimate of drug-likeness (QED) is 0.500. The van der Waals surface area contributed by atoms with Crippen LogP contribution in [-0.4, -0.2) is 11.7 Å². The molecule has 19 heavy (non-hydrogen) atoms. The summed E-state index contributed by atoms with van der Waals surface area (Å²) in [6, 6.07) is 15.5. The van der Waals surface area contributed by atoms with Crippen molar-refractivity contribution in [3.63, 3.8) is 0 Å². The van der Waals surface area contributed by atoms with Crippen molar-refractivity contribution < 1.29 is 9.59 Å². The highest BCUT2D eigenvalue weighted by Gasteiger charge is 2.11. The first-order valence-electron chi connectivity index (χ1n) is 5.89. The van der Waals surface area contributed by atoms with Crippen molar-refractivity contribution in [1.82, 2.24) is 0 Å². The number of anilines is 2. The molecule has 4 heteroatoms. The van der Waals surface area contributed by atoms with Gasteiger partial charge in [-0.05, 0) is 24.3 Å². The average molecular weight is 254 g/mol. The summed E-state index contributed by atoms with van der Waals surface area (Å²) >= 11 is 0. The van der Waals surface area contributed by atoms with Crippen LogP contribution in [0.4, 0.5) is 11.4 Å². The van der Waals surface area contributed by atoms with Gasteiger partial charge in [0, 0.05) is 16.9 Å². The first-order chi connectivity index (χ1) is 9.15. The highest BCUT2D eigenvalue weighted by Crippen LogP contribution is 2.11. The lowest BCUT2D eigenvalue weighted by atomic mass is 10.1. The van der Waals surface area contributed by atoms with E-state index in [1.165, 1.54) is 0 Å². The van der Waals surface area contributed by atoms with E-state index in [0.29, 0.717) is 16.9 Å².